The topological polar surface area (TPSA) is 92.4 Å². The van der Waals surface area contributed by atoms with Gasteiger partial charge in [-0.25, -0.2) is 0 Å². The van der Waals surface area contributed by atoms with Crippen molar-refractivity contribution in [3.8, 4) is 5.75 Å². The molecule has 0 spiro atoms. The molecule has 7 heteroatoms. The lowest BCUT2D eigenvalue weighted by atomic mass is 9.73. The Morgan fingerprint density at radius 1 is 1.17 bits per heavy atom. The lowest BCUT2D eigenvalue weighted by Gasteiger charge is -2.33. The highest BCUT2D eigenvalue weighted by molar-refractivity contribution is 9.11. The number of aromatic hydroxyl groups is 1. The van der Waals surface area contributed by atoms with Gasteiger partial charge in [-0.1, -0.05) is 22.0 Å². The minimum Gasteiger partial charge on any atom is -0.506 e. The summed E-state index contributed by atoms with van der Waals surface area (Å²) in [6.07, 6.45) is 0. The van der Waals surface area contributed by atoms with Gasteiger partial charge in [0.25, 0.3) is 0 Å². The fourth-order valence-electron chi connectivity index (χ4n) is 2.62. The van der Waals surface area contributed by atoms with Gasteiger partial charge in [-0.05, 0) is 52.7 Å². The molecule has 1 aliphatic rings. The molecule has 0 aliphatic carbocycles. The zero-order valence-electron chi connectivity index (χ0n) is 12.0. The number of rotatable bonds is 1. The predicted octanol–water partition coefficient (Wildman–Crippen LogP) is 3.59. The summed E-state index contributed by atoms with van der Waals surface area (Å²) in [7, 11) is 0. The van der Waals surface area contributed by atoms with Crippen LogP contribution in [0.5, 0.6) is 5.75 Å². The summed E-state index contributed by atoms with van der Waals surface area (Å²) in [4.78, 5) is 25.7. The van der Waals surface area contributed by atoms with Crippen LogP contribution in [0.1, 0.15) is 22.8 Å². The number of phenolic OH excluding ortho intramolecular Hbond substituents is 1. The van der Waals surface area contributed by atoms with E-state index in [0.717, 1.165) is 4.47 Å². The number of amides is 1. The molecule has 2 aromatic rings. The number of phenols is 1. The maximum atomic E-state index is 13.0. The maximum Gasteiger partial charge on any atom is 0.242 e. The van der Waals surface area contributed by atoms with Crippen LogP contribution >= 0.6 is 31.9 Å². The number of benzene rings is 2. The number of hydrogen-bond donors (Lipinski definition) is 3. The van der Waals surface area contributed by atoms with E-state index in [9.17, 15) is 14.7 Å². The normalized spacial score (nSPS) is 20.1. The van der Waals surface area contributed by atoms with Crippen molar-refractivity contribution in [3.63, 3.8) is 0 Å². The minimum absolute atomic E-state index is 0.0908. The van der Waals surface area contributed by atoms with Crippen molar-refractivity contribution in [2.75, 3.05) is 11.1 Å². The molecular formula is C16H12Br2N2O3. The molecular weight excluding hydrogens is 428 g/mol. The number of halogens is 2. The fraction of sp³-hybridized carbons (Fsp3) is 0.125. The quantitative estimate of drug-likeness (QED) is 0.359. The van der Waals surface area contributed by atoms with Crippen molar-refractivity contribution >= 4 is 54.9 Å². The molecule has 4 N–H and O–H groups in total. The van der Waals surface area contributed by atoms with Gasteiger partial charge in [0.15, 0.2) is 5.78 Å². The number of ketones is 1. The molecule has 1 amide bonds. The molecule has 0 saturated heterocycles. The van der Waals surface area contributed by atoms with Crippen LogP contribution in [0.15, 0.2) is 39.3 Å². The minimum atomic E-state index is -1.42. The molecule has 2 aromatic carbocycles. The SMILES string of the molecule is CC1(c2ccc(O)c(N)c2)C(=O)Nc2c(Br)cc(Br)cc2C1=O. The monoisotopic (exact) mass is 438 g/mol. The Kier molecular flexibility index (Phi) is 3.72. The number of carbonyl (C=O) groups is 2. The van der Waals surface area contributed by atoms with Crippen molar-refractivity contribution < 1.29 is 14.7 Å². The third-order valence-electron chi connectivity index (χ3n) is 4.05. The summed E-state index contributed by atoms with van der Waals surface area (Å²) in [5.41, 5.74) is 5.69. The van der Waals surface area contributed by atoms with E-state index in [0.29, 0.717) is 21.3 Å². The van der Waals surface area contributed by atoms with Gasteiger partial charge in [0.1, 0.15) is 11.2 Å². The molecule has 0 aromatic heterocycles. The number of nitrogen functional groups attached to an aromatic ring is 1. The first kappa shape index (κ1) is 16.0. The average molecular weight is 440 g/mol. The highest BCUT2D eigenvalue weighted by Gasteiger charge is 2.48. The van der Waals surface area contributed by atoms with Gasteiger partial charge in [0, 0.05) is 14.5 Å². The molecule has 1 heterocycles. The molecule has 0 bridgehead atoms. The van der Waals surface area contributed by atoms with Crippen LogP contribution in [0.25, 0.3) is 0 Å². The number of hydrogen-bond acceptors (Lipinski definition) is 4. The van der Waals surface area contributed by atoms with E-state index in [2.05, 4.69) is 37.2 Å². The summed E-state index contributed by atoms with van der Waals surface area (Å²) >= 11 is 6.70. The van der Waals surface area contributed by atoms with Gasteiger partial charge < -0.3 is 16.2 Å². The molecule has 1 unspecified atom stereocenters. The van der Waals surface area contributed by atoms with Gasteiger partial charge in [0.2, 0.25) is 5.91 Å². The van der Waals surface area contributed by atoms with E-state index in [-0.39, 0.29) is 17.2 Å². The van der Waals surface area contributed by atoms with E-state index >= 15 is 0 Å². The second-order valence-corrected chi connectivity index (χ2v) is 7.26. The van der Waals surface area contributed by atoms with Crippen molar-refractivity contribution in [1.29, 1.82) is 0 Å². The van der Waals surface area contributed by atoms with Gasteiger partial charge in [-0.3, -0.25) is 9.59 Å². The zero-order valence-corrected chi connectivity index (χ0v) is 15.2. The third-order valence-corrected chi connectivity index (χ3v) is 5.13. The van der Waals surface area contributed by atoms with Crippen LogP contribution in [0.2, 0.25) is 0 Å². The van der Waals surface area contributed by atoms with Crippen molar-refractivity contribution in [2.24, 2.45) is 0 Å². The molecule has 118 valence electrons. The predicted molar refractivity (Wildman–Crippen MR) is 94.7 cm³/mol. The summed E-state index contributed by atoms with van der Waals surface area (Å²) in [5, 5.41) is 12.3. The Labute approximate surface area is 149 Å². The van der Waals surface area contributed by atoms with Crippen molar-refractivity contribution in [3.05, 3.63) is 50.4 Å². The largest absolute Gasteiger partial charge is 0.506 e. The molecule has 23 heavy (non-hydrogen) atoms. The zero-order chi connectivity index (χ0) is 16.9. The number of Topliss-reactive ketones (excluding diaryl/α,β-unsaturated/α-hetero) is 1. The highest BCUT2D eigenvalue weighted by Crippen LogP contribution is 2.42. The third kappa shape index (κ3) is 2.35. The van der Waals surface area contributed by atoms with E-state index < -0.39 is 11.3 Å². The first-order chi connectivity index (χ1) is 10.7. The van der Waals surface area contributed by atoms with Crippen molar-refractivity contribution in [2.45, 2.75) is 12.3 Å². The Balaban J connectivity index is 2.22. The van der Waals surface area contributed by atoms with Crippen LogP contribution in [-0.4, -0.2) is 16.8 Å². The van der Waals surface area contributed by atoms with E-state index in [1.807, 2.05) is 0 Å². The van der Waals surface area contributed by atoms with E-state index in [1.165, 1.54) is 18.2 Å². The van der Waals surface area contributed by atoms with E-state index in [1.54, 1.807) is 19.1 Å². The Morgan fingerprint density at radius 3 is 2.52 bits per heavy atom. The van der Waals surface area contributed by atoms with Crippen molar-refractivity contribution in [1.82, 2.24) is 0 Å². The second-order valence-electron chi connectivity index (χ2n) is 5.49. The maximum absolute atomic E-state index is 13.0. The fourth-order valence-corrected chi connectivity index (χ4v) is 3.94. The van der Waals surface area contributed by atoms with Crippen LogP contribution < -0.4 is 11.1 Å². The molecule has 5 nitrogen and oxygen atoms in total. The smallest absolute Gasteiger partial charge is 0.242 e. The summed E-state index contributed by atoms with van der Waals surface area (Å²) in [5.74, 6) is -0.863. The molecule has 3 rings (SSSR count). The summed E-state index contributed by atoms with van der Waals surface area (Å²) in [6.45, 7) is 1.55. The van der Waals surface area contributed by atoms with Gasteiger partial charge >= 0.3 is 0 Å². The molecule has 0 fully saturated rings. The summed E-state index contributed by atoms with van der Waals surface area (Å²) < 4.78 is 1.34. The molecule has 1 atom stereocenters. The number of nitrogens with one attached hydrogen (secondary N) is 1. The number of fused-ring (bicyclic) bond motifs is 1. The lowest BCUT2D eigenvalue weighted by Crippen LogP contribution is -2.48. The lowest BCUT2D eigenvalue weighted by molar-refractivity contribution is -0.119. The number of anilines is 2. The standard InChI is InChI=1S/C16H12Br2N2O3/c1-16(7-2-3-12(21)11(19)4-7)14(22)9-5-8(17)6-10(18)13(9)20-15(16)23/h2-6,21H,19H2,1H3,(H,20,23). The van der Waals surface area contributed by atoms with Crippen LogP contribution in [0, 0.1) is 0 Å². The van der Waals surface area contributed by atoms with Crippen LogP contribution in [-0.2, 0) is 10.2 Å². The summed E-state index contributed by atoms with van der Waals surface area (Å²) in [6, 6.07) is 7.78. The van der Waals surface area contributed by atoms with Crippen LogP contribution in [0.4, 0.5) is 11.4 Å². The molecule has 1 aliphatic heterocycles. The van der Waals surface area contributed by atoms with E-state index in [4.69, 9.17) is 5.73 Å². The van der Waals surface area contributed by atoms with Crippen LogP contribution in [0.3, 0.4) is 0 Å². The Bertz CT molecular complexity index is 867. The number of nitrogens with two attached hydrogens (primary N) is 1. The Hall–Kier alpha value is -1.86. The molecule has 0 radical (unpaired) electrons. The van der Waals surface area contributed by atoms with Gasteiger partial charge in [0.05, 0.1) is 11.4 Å². The first-order valence-electron chi connectivity index (χ1n) is 6.69. The first-order valence-corrected chi connectivity index (χ1v) is 8.28. The molecule has 0 saturated carbocycles. The Morgan fingerprint density at radius 2 is 1.87 bits per heavy atom. The number of carbonyl (C=O) groups excluding carboxylic acids is 2. The van der Waals surface area contributed by atoms with Gasteiger partial charge in [-0.2, -0.15) is 0 Å². The highest BCUT2D eigenvalue weighted by atomic mass is 79.9. The van der Waals surface area contributed by atoms with Gasteiger partial charge in [-0.15, -0.1) is 0 Å². The second kappa shape index (κ2) is 5.35. The average Bonchev–Trinajstić information content (AvgIpc) is 2.49.